The van der Waals surface area contributed by atoms with E-state index in [0.29, 0.717) is 17.6 Å². The molecule has 1 heterocycles. The van der Waals surface area contributed by atoms with Gasteiger partial charge in [0.25, 0.3) is 0 Å². The van der Waals surface area contributed by atoms with Crippen LogP contribution in [-0.2, 0) is 11.3 Å². The molecule has 0 saturated heterocycles. The van der Waals surface area contributed by atoms with Crippen molar-refractivity contribution in [1.29, 1.82) is 0 Å². The zero-order valence-corrected chi connectivity index (χ0v) is 16.4. The van der Waals surface area contributed by atoms with Crippen LogP contribution in [0.15, 0.2) is 48.6 Å². The maximum Gasteiger partial charge on any atom is 0.338 e. The van der Waals surface area contributed by atoms with Crippen LogP contribution in [0.5, 0.6) is 0 Å². The number of rotatable bonds is 8. The van der Waals surface area contributed by atoms with E-state index in [9.17, 15) is 4.79 Å². The van der Waals surface area contributed by atoms with Crippen LogP contribution < -0.4 is 0 Å². The van der Waals surface area contributed by atoms with Crippen LogP contribution in [0.3, 0.4) is 0 Å². The Morgan fingerprint density at radius 1 is 1.23 bits per heavy atom. The zero-order chi connectivity index (χ0) is 19.0. The van der Waals surface area contributed by atoms with E-state index in [1.807, 2.05) is 43.7 Å². The van der Waals surface area contributed by atoms with Gasteiger partial charge in [0.15, 0.2) is 0 Å². The fraction of sp³-hybridized carbons (Fsp3) is 0.455. The number of carbonyl (C=O) groups is 1. The summed E-state index contributed by atoms with van der Waals surface area (Å²) in [4.78, 5) is 15.9. The second-order valence-electron chi connectivity index (χ2n) is 7.79. The van der Waals surface area contributed by atoms with Crippen LogP contribution in [0.4, 0.5) is 0 Å². The quantitative estimate of drug-likeness (QED) is 0.599. The summed E-state index contributed by atoms with van der Waals surface area (Å²) in [5, 5.41) is 0. The van der Waals surface area contributed by atoms with Gasteiger partial charge in [-0.2, -0.15) is 0 Å². The lowest BCUT2D eigenvalue weighted by molar-refractivity contribution is 0.0526. The van der Waals surface area contributed by atoms with Gasteiger partial charge in [-0.1, -0.05) is 39.0 Å². The van der Waals surface area contributed by atoms with Crippen molar-refractivity contribution in [2.24, 2.45) is 5.41 Å². The van der Waals surface area contributed by atoms with Crippen LogP contribution in [0, 0.1) is 5.41 Å². The Bertz CT molecular complexity index is 708. The molecule has 0 aliphatic heterocycles. The van der Waals surface area contributed by atoms with Crippen LogP contribution in [0.25, 0.3) is 6.08 Å². The molecule has 26 heavy (non-hydrogen) atoms. The monoisotopic (exact) mass is 354 g/mol. The average Bonchev–Trinajstić information content (AvgIpc) is 3.07. The molecular formula is C22H30N2O2. The second-order valence-corrected chi connectivity index (χ2v) is 7.79. The SMILES string of the molecule is CCOC(=O)c1ccc(/C=C(\CCCC(C)(C)C)Cn2ccnc2)cc1. The van der Waals surface area contributed by atoms with Gasteiger partial charge in [-0.15, -0.1) is 0 Å². The van der Waals surface area contributed by atoms with Crippen molar-refractivity contribution in [1.82, 2.24) is 9.55 Å². The number of carbonyl (C=O) groups excluding carboxylic acids is 1. The Morgan fingerprint density at radius 3 is 2.54 bits per heavy atom. The van der Waals surface area contributed by atoms with E-state index in [1.54, 1.807) is 6.20 Å². The lowest BCUT2D eigenvalue weighted by Crippen LogP contribution is -2.06. The normalized spacial score (nSPS) is 12.2. The number of ether oxygens (including phenoxy) is 1. The largest absolute Gasteiger partial charge is 0.462 e. The number of aromatic nitrogens is 2. The summed E-state index contributed by atoms with van der Waals surface area (Å²) in [7, 11) is 0. The molecule has 0 fully saturated rings. The topological polar surface area (TPSA) is 44.1 Å². The van der Waals surface area contributed by atoms with Crippen molar-refractivity contribution in [3.05, 3.63) is 59.7 Å². The van der Waals surface area contributed by atoms with Gasteiger partial charge in [0.2, 0.25) is 0 Å². The molecule has 0 amide bonds. The van der Waals surface area contributed by atoms with Crippen LogP contribution in [-0.4, -0.2) is 22.1 Å². The van der Waals surface area contributed by atoms with E-state index in [4.69, 9.17) is 4.74 Å². The summed E-state index contributed by atoms with van der Waals surface area (Å²) < 4.78 is 7.13. The third-order valence-corrected chi connectivity index (χ3v) is 4.16. The molecule has 0 saturated carbocycles. The fourth-order valence-corrected chi connectivity index (χ4v) is 2.82. The van der Waals surface area contributed by atoms with Crippen molar-refractivity contribution in [3.8, 4) is 0 Å². The summed E-state index contributed by atoms with van der Waals surface area (Å²) in [5.41, 5.74) is 3.40. The van der Waals surface area contributed by atoms with Gasteiger partial charge >= 0.3 is 5.97 Å². The summed E-state index contributed by atoms with van der Waals surface area (Å²) in [5.74, 6) is -0.271. The fourth-order valence-electron chi connectivity index (χ4n) is 2.82. The van der Waals surface area contributed by atoms with Gasteiger partial charge in [-0.25, -0.2) is 9.78 Å². The number of imidazole rings is 1. The molecule has 0 aliphatic carbocycles. The van der Waals surface area contributed by atoms with Gasteiger partial charge in [0.05, 0.1) is 18.5 Å². The molecule has 0 atom stereocenters. The molecule has 1 aromatic heterocycles. The van der Waals surface area contributed by atoms with Crippen molar-refractivity contribution in [3.63, 3.8) is 0 Å². The number of esters is 1. The first-order valence-corrected chi connectivity index (χ1v) is 9.30. The van der Waals surface area contributed by atoms with Gasteiger partial charge in [-0.05, 0) is 54.9 Å². The second kappa shape index (κ2) is 9.37. The van der Waals surface area contributed by atoms with E-state index in [2.05, 4.69) is 36.4 Å². The average molecular weight is 354 g/mol. The zero-order valence-electron chi connectivity index (χ0n) is 16.4. The molecule has 0 radical (unpaired) electrons. The third-order valence-electron chi connectivity index (χ3n) is 4.16. The highest BCUT2D eigenvalue weighted by Crippen LogP contribution is 2.24. The van der Waals surface area contributed by atoms with Crippen LogP contribution in [0.1, 0.15) is 62.9 Å². The van der Waals surface area contributed by atoms with Gasteiger partial charge in [0.1, 0.15) is 0 Å². The van der Waals surface area contributed by atoms with E-state index < -0.39 is 0 Å². The number of nitrogens with zero attached hydrogens (tertiary/aromatic N) is 2. The smallest absolute Gasteiger partial charge is 0.338 e. The molecular weight excluding hydrogens is 324 g/mol. The molecule has 2 aromatic rings. The molecule has 2 rings (SSSR count). The number of benzene rings is 1. The highest BCUT2D eigenvalue weighted by Gasteiger charge is 2.11. The molecule has 0 N–H and O–H groups in total. The molecule has 0 aliphatic rings. The predicted molar refractivity (Wildman–Crippen MR) is 106 cm³/mol. The lowest BCUT2D eigenvalue weighted by Gasteiger charge is -2.18. The standard InChI is InChI=1S/C22H30N2O2/c1-5-26-21(25)20-10-8-18(9-11-20)15-19(7-6-12-22(2,3)4)16-24-14-13-23-17-24/h8-11,13-15,17H,5-7,12,16H2,1-4H3/b19-15+. The maximum atomic E-state index is 11.8. The molecule has 0 bridgehead atoms. The first-order chi connectivity index (χ1) is 12.4. The molecule has 4 nitrogen and oxygen atoms in total. The van der Waals surface area contributed by atoms with Crippen molar-refractivity contribution in [2.45, 2.75) is 53.5 Å². The molecule has 0 spiro atoms. The minimum Gasteiger partial charge on any atom is -0.462 e. The molecule has 4 heteroatoms. The predicted octanol–water partition coefficient (Wildman–Crippen LogP) is 5.36. The van der Waals surface area contributed by atoms with Gasteiger partial charge in [-0.3, -0.25) is 0 Å². The van der Waals surface area contributed by atoms with Gasteiger partial charge < -0.3 is 9.30 Å². The highest BCUT2D eigenvalue weighted by atomic mass is 16.5. The van der Waals surface area contributed by atoms with E-state index in [0.717, 1.165) is 24.9 Å². The van der Waals surface area contributed by atoms with E-state index in [1.165, 1.54) is 12.0 Å². The maximum absolute atomic E-state index is 11.8. The molecule has 140 valence electrons. The summed E-state index contributed by atoms with van der Waals surface area (Å²) in [6, 6.07) is 7.61. The highest BCUT2D eigenvalue weighted by molar-refractivity contribution is 5.89. The number of allylic oxidation sites excluding steroid dienone is 1. The Labute approximate surface area is 156 Å². The number of hydrogen-bond acceptors (Lipinski definition) is 3. The first-order valence-electron chi connectivity index (χ1n) is 9.30. The van der Waals surface area contributed by atoms with Crippen LogP contribution in [0.2, 0.25) is 0 Å². The summed E-state index contributed by atoms with van der Waals surface area (Å²) in [6.45, 7) is 9.88. The first kappa shape index (κ1) is 20.0. The van der Waals surface area contributed by atoms with E-state index in [-0.39, 0.29) is 5.97 Å². The summed E-state index contributed by atoms with van der Waals surface area (Å²) >= 11 is 0. The van der Waals surface area contributed by atoms with Gasteiger partial charge in [0, 0.05) is 18.9 Å². The Balaban J connectivity index is 2.10. The Hall–Kier alpha value is -2.36. The van der Waals surface area contributed by atoms with Crippen LogP contribution >= 0.6 is 0 Å². The molecule has 1 aromatic carbocycles. The number of hydrogen-bond donors (Lipinski definition) is 0. The Morgan fingerprint density at radius 2 is 1.96 bits per heavy atom. The van der Waals surface area contributed by atoms with Crippen molar-refractivity contribution in [2.75, 3.05) is 6.61 Å². The minimum atomic E-state index is -0.271. The lowest BCUT2D eigenvalue weighted by atomic mass is 9.88. The van der Waals surface area contributed by atoms with Crippen molar-refractivity contribution < 1.29 is 9.53 Å². The van der Waals surface area contributed by atoms with E-state index >= 15 is 0 Å². The van der Waals surface area contributed by atoms with Crippen molar-refractivity contribution >= 4 is 12.0 Å². The Kier molecular flexibility index (Phi) is 7.19. The summed E-state index contributed by atoms with van der Waals surface area (Å²) in [6.07, 6.45) is 11.3. The minimum absolute atomic E-state index is 0.271. The molecule has 0 unspecified atom stereocenters. The third kappa shape index (κ3) is 6.87.